The van der Waals surface area contributed by atoms with Crippen LogP contribution in [0.3, 0.4) is 0 Å². The number of ether oxygens (including phenoxy) is 1. The fourth-order valence-electron chi connectivity index (χ4n) is 2.98. The Morgan fingerprint density at radius 1 is 1.15 bits per heavy atom. The van der Waals surface area contributed by atoms with E-state index in [0.29, 0.717) is 13.0 Å². The minimum atomic E-state index is -3.23. The minimum Gasteiger partial charge on any atom is -0.493 e. The van der Waals surface area contributed by atoms with E-state index >= 15 is 0 Å². The van der Waals surface area contributed by atoms with E-state index in [4.69, 9.17) is 4.74 Å². The maximum Gasteiger partial charge on any atom is 0.315 e. The molecule has 0 unspecified atom stereocenters. The third kappa shape index (κ3) is 4.16. The molecule has 1 aliphatic heterocycles. The minimum absolute atomic E-state index is 0.0974. The van der Waals surface area contributed by atoms with E-state index < -0.39 is 9.84 Å². The fraction of sp³-hybridized carbons (Fsp3) is 0.316. The van der Waals surface area contributed by atoms with Crippen LogP contribution in [-0.2, 0) is 9.84 Å². The van der Waals surface area contributed by atoms with Gasteiger partial charge in [-0.1, -0.05) is 30.3 Å². The molecule has 2 aromatic rings. The van der Waals surface area contributed by atoms with Crippen molar-refractivity contribution in [2.24, 2.45) is 0 Å². The van der Waals surface area contributed by atoms with E-state index in [1.807, 2.05) is 31.2 Å². The molecule has 3 rings (SSSR count). The van der Waals surface area contributed by atoms with Gasteiger partial charge in [-0.3, -0.25) is 0 Å². The molecule has 0 radical (unpaired) electrons. The van der Waals surface area contributed by atoms with Crippen molar-refractivity contribution >= 4 is 15.9 Å². The predicted molar refractivity (Wildman–Crippen MR) is 98.9 cm³/mol. The lowest BCUT2D eigenvalue weighted by molar-refractivity contribution is 0.221. The van der Waals surface area contributed by atoms with E-state index in [1.165, 1.54) is 6.26 Å². The molecule has 6 nitrogen and oxygen atoms in total. The Labute approximate surface area is 153 Å². The first-order valence-electron chi connectivity index (χ1n) is 8.43. The number of urea groups is 1. The van der Waals surface area contributed by atoms with Gasteiger partial charge in [0, 0.05) is 18.2 Å². The molecule has 0 saturated heterocycles. The first-order chi connectivity index (χ1) is 12.3. The normalized spacial score (nSPS) is 17.5. The second-order valence-corrected chi connectivity index (χ2v) is 8.42. The van der Waals surface area contributed by atoms with Crippen LogP contribution in [0.25, 0.3) is 0 Å². The van der Waals surface area contributed by atoms with Crippen molar-refractivity contribution in [2.45, 2.75) is 30.3 Å². The molecule has 7 heteroatoms. The zero-order valence-electron chi connectivity index (χ0n) is 14.7. The van der Waals surface area contributed by atoms with Crippen molar-refractivity contribution in [2.75, 3.05) is 12.9 Å². The quantitative estimate of drug-likeness (QED) is 0.862. The average Bonchev–Trinajstić information content (AvgIpc) is 2.61. The number of benzene rings is 2. The number of carbonyl (C=O) groups is 1. The van der Waals surface area contributed by atoms with Crippen molar-refractivity contribution in [3.63, 3.8) is 0 Å². The number of carbonyl (C=O) groups excluding carboxylic acids is 1. The Bertz CT molecular complexity index is 894. The smallest absolute Gasteiger partial charge is 0.315 e. The molecule has 2 N–H and O–H groups in total. The van der Waals surface area contributed by atoms with Crippen molar-refractivity contribution < 1.29 is 17.9 Å². The zero-order chi connectivity index (χ0) is 18.7. The standard InChI is InChI=1S/C19H22N2O4S/c1-13(14-7-9-15(10-8-14)26(2,23)24)20-19(22)21-17-11-12-25-18-6-4-3-5-16(17)18/h3-10,13,17H,11-12H2,1-2H3,(H2,20,21,22)/t13-,17-/m0/s1. The molecule has 2 amide bonds. The molecule has 0 saturated carbocycles. The van der Waals surface area contributed by atoms with E-state index in [9.17, 15) is 13.2 Å². The largest absolute Gasteiger partial charge is 0.493 e. The van der Waals surface area contributed by atoms with Gasteiger partial charge >= 0.3 is 6.03 Å². The van der Waals surface area contributed by atoms with Gasteiger partial charge in [-0.05, 0) is 30.7 Å². The fourth-order valence-corrected chi connectivity index (χ4v) is 3.61. The van der Waals surface area contributed by atoms with Gasteiger partial charge in [0.2, 0.25) is 0 Å². The molecular formula is C19H22N2O4S. The molecule has 2 atom stereocenters. The van der Waals surface area contributed by atoms with Crippen LogP contribution >= 0.6 is 0 Å². The predicted octanol–water partition coefficient (Wildman–Crippen LogP) is 2.97. The zero-order valence-corrected chi connectivity index (χ0v) is 15.5. The van der Waals surface area contributed by atoms with E-state index in [2.05, 4.69) is 10.6 Å². The van der Waals surface area contributed by atoms with Crippen LogP contribution in [0.15, 0.2) is 53.4 Å². The first kappa shape index (κ1) is 18.3. The second-order valence-electron chi connectivity index (χ2n) is 6.41. The Morgan fingerprint density at radius 3 is 2.54 bits per heavy atom. The van der Waals surface area contributed by atoms with Crippen molar-refractivity contribution in [1.29, 1.82) is 0 Å². The van der Waals surface area contributed by atoms with E-state index in [-0.39, 0.29) is 23.0 Å². The Balaban J connectivity index is 1.63. The molecule has 2 aromatic carbocycles. The summed E-state index contributed by atoms with van der Waals surface area (Å²) in [4.78, 5) is 12.6. The Morgan fingerprint density at radius 2 is 1.85 bits per heavy atom. The van der Waals surface area contributed by atoms with Crippen molar-refractivity contribution in [3.8, 4) is 5.75 Å². The lowest BCUT2D eigenvalue weighted by Crippen LogP contribution is -2.40. The topological polar surface area (TPSA) is 84.5 Å². The van der Waals surface area contributed by atoms with Crippen LogP contribution in [0.2, 0.25) is 0 Å². The highest BCUT2D eigenvalue weighted by atomic mass is 32.2. The van der Waals surface area contributed by atoms with Gasteiger partial charge in [-0.2, -0.15) is 0 Å². The second kappa shape index (κ2) is 7.37. The van der Waals surface area contributed by atoms with Gasteiger partial charge in [0.15, 0.2) is 9.84 Å². The Hall–Kier alpha value is -2.54. The molecule has 138 valence electrons. The molecule has 0 aliphatic carbocycles. The molecule has 1 aliphatic rings. The van der Waals surface area contributed by atoms with Gasteiger partial charge < -0.3 is 15.4 Å². The molecule has 0 fully saturated rings. The number of fused-ring (bicyclic) bond motifs is 1. The number of amides is 2. The van der Waals surface area contributed by atoms with Gasteiger partial charge in [-0.15, -0.1) is 0 Å². The van der Waals surface area contributed by atoms with Crippen LogP contribution in [0, 0.1) is 0 Å². The third-order valence-electron chi connectivity index (χ3n) is 4.42. The van der Waals surface area contributed by atoms with E-state index in [0.717, 1.165) is 16.9 Å². The molecule has 0 aromatic heterocycles. The summed E-state index contributed by atoms with van der Waals surface area (Å²) < 4.78 is 28.7. The van der Waals surface area contributed by atoms with Crippen LogP contribution in [0.4, 0.5) is 4.79 Å². The summed E-state index contributed by atoms with van der Waals surface area (Å²) in [5.74, 6) is 0.800. The lowest BCUT2D eigenvalue weighted by atomic mass is 10.0. The number of para-hydroxylation sites is 1. The number of nitrogens with one attached hydrogen (secondary N) is 2. The van der Waals surface area contributed by atoms with Gasteiger partial charge in [-0.25, -0.2) is 13.2 Å². The number of hydrogen-bond donors (Lipinski definition) is 2. The number of sulfone groups is 1. The maximum atomic E-state index is 12.4. The highest BCUT2D eigenvalue weighted by Gasteiger charge is 2.23. The summed E-state index contributed by atoms with van der Waals surface area (Å²) in [5, 5.41) is 5.88. The summed E-state index contributed by atoms with van der Waals surface area (Å²) in [6, 6.07) is 13.6. The van der Waals surface area contributed by atoms with Gasteiger partial charge in [0.25, 0.3) is 0 Å². The molecular weight excluding hydrogens is 352 g/mol. The highest BCUT2D eigenvalue weighted by molar-refractivity contribution is 7.90. The lowest BCUT2D eigenvalue weighted by Gasteiger charge is -2.27. The van der Waals surface area contributed by atoms with Gasteiger partial charge in [0.1, 0.15) is 5.75 Å². The summed E-state index contributed by atoms with van der Waals surface area (Å²) in [6.45, 7) is 2.41. The number of hydrogen-bond acceptors (Lipinski definition) is 4. The summed E-state index contributed by atoms with van der Waals surface area (Å²) in [5.41, 5.74) is 1.80. The summed E-state index contributed by atoms with van der Waals surface area (Å²) >= 11 is 0. The molecule has 1 heterocycles. The molecule has 0 bridgehead atoms. The maximum absolute atomic E-state index is 12.4. The van der Waals surface area contributed by atoms with Crippen LogP contribution in [-0.4, -0.2) is 27.3 Å². The highest BCUT2D eigenvalue weighted by Crippen LogP contribution is 2.31. The van der Waals surface area contributed by atoms with E-state index in [1.54, 1.807) is 24.3 Å². The van der Waals surface area contributed by atoms with Crippen LogP contribution < -0.4 is 15.4 Å². The molecule has 0 spiro atoms. The number of rotatable bonds is 4. The SMILES string of the molecule is C[C@H](NC(=O)N[C@H]1CCOc2ccccc21)c1ccc(S(C)(=O)=O)cc1. The first-order valence-corrected chi connectivity index (χ1v) is 10.3. The average molecular weight is 374 g/mol. The van der Waals surface area contributed by atoms with Crippen molar-refractivity contribution in [1.82, 2.24) is 10.6 Å². The molecule has 26 heavy (non-hydrogen) atoms. The summed E-state index contributed by atoms with van der Waals surface area (Å²) in [6.07, 6.45) is 1.88. The van der Waals surface area contributed by atoms with Crippen LogP contribution in [0.5, 0.6) is 5.75 Å². The van der Waals surface area contributed by atoms with Gasteiger partial charge in [0.05, 0.1) is 23.6 Å². The summed E-state index contributed by atoms with van der Waals surface area (Å²) in [7, 11) is -3.23. The Kier molecular flexibility index (Phi) is 5.18. The van der Waals surface area contributed by atoms with Crippen molar-refractivity contribution in [3.05, 3.63) is 59.7 Å². The monoisotopic (exact) mass is 374 g/mol. The third-order valence-corrected chi connectivity index (χ3v) is 5.55. The van der Waals surface area contributed by atoms with Crippen LogP contribution in [0.1, 0.15) is 36.6 Å².